The van der Waals surface area contributed by atoms with Gasteiger partial charge in [-0.3, -0.25) is 0 Å². The Balaban J connectivity index is 1.76. The van der Waals surface area contributed by atoms with Gasteiger partial charge in [0.15, 0.2) is 0 Å². The summed E-state index contributed by atoms with van der Waals surface area (Å²) in [6.45, 7) is 3.74. The van der Waals surface area contributed by atoms with E-state index in [0.29, 0.717) is 6.42 Å². The molecule has 10 heteroatoms. The van der Waals surface area contributed by atoms with Crippen molar-refractivity contribution in [2.45, 2.75) is 26.3 Å². The molecule has 1 aromatic carbocycles. The zero-order chi connectivity index (χ0) is 19.4. The minimum atomic E-state index is -0.734. The van der Waals surface area contributed by atoms with Crippen molar-refractivity contribution in [2.75, 3.05) is 12.4 Å². The minimum absolute atomic E-state index is 0.0921. The van der Waals surface area contributed by atoms with Gasteiger partial charge < -0.3 is 15.2 Å². The Hall–Kier alpha value is -3.56. The van der Waals surface area contributed by atoms with Gasteiger partial charge in [0.05, 0.1) is 12.8 Å². The number of phenols is 1. The first kappa shape index (κ1) is 18.2. The lowest BCUT2D eigenvalue weighted by Crippen LogP contribution is -2.34. The van der Waals surface area contributed by atoms with Crippen LogP contribution in [0.4, 0.5) is 5.95 Å². The number of benzene rings is 1. The molecule has 10 nitrogen and oxygen atoms in total. The van der Waals surface area contributed by atoms with Gasteiger partial charge in [-0.15, -0.1) is 20.4 Å². The third-order valence-electron chi connectivity index (χ3n) is 3.83. The lowest BCUT2D eigenvalue weighted by atomic mass is 10.1. The molecule has 1 atom stereocenters. The molecule has 2 N–H and O–H groups in total. The van der Waals surface area contributed by atoms with Gasteiger partial charge in [-0.25, -0.2) is 9.48 Å². The molecule has 0 saturated heterocycles. The van der Waals surface area contributed by atoms with Crippen molar-refractivity contribution < 1.29 is 14.6 Å². The number of methoxy groups -OCH3 is 1. The fourth-order valence-electron chi connectivity index (χ4n) is 2.56. The van der Waals surface area contributed by atoms with E-state index in [2.05, 4.69) is 30.8 Å². The van der Waals surface area contributed by atoms with Crippen LogP contribution in [-0.2, 0) is 16.0 Å². The maximum atomic E-state index is 12.1. The lowest BCUT2D eigenvalue weighted by Gasteiger charge is -2.16. The van der Waals surface area contributed by atoms with E-state index < -0.39 is 12.0 Å². The highest BCUT2D eigenvalue weighted by molar-refractivity contribution is 5.78. The molecule has 3 aromatic rings. The van der Waals surface area contributed by atoms with Gasteiger partial charge in [-0.05, 0) is 37.6 Å². The molecule has 140 valence electrons. The first-order chi connectivity index (χ1) is 13.0. The molecule has 2 heterocycles. The first-order valence-electron chi connectivity index (χ1n) is 8.19. The van der Waals surface area contributed by atoms with Crippen LogP contribution in [0.3, 0.4) is 0 Å². The van der Waals surface area contributed by atoms with Crippen LogP contribution in [0.1, 0.15) is 17.0 Å². The highest BCUT2D eigenvalue weighted by Crippen LogP contribution is 2.13. The number of ether oxygens (including phenoxy) is 1. The first-order valence-corrected chi connectivity index (χ1v) is 8.19. The zero-order valence-electron chi connectivity index (χ0n) is 15.1. The summed E-state index contributed by atoms with van der Waals surface area (Å²) in [5, 5.41) is 32.5. The van der Waals surface area contributed by atoms with Gasteiger partial charge in [0.1, 0.15) is 11.8 Å². The molecule has 2 aromatic heterocycles. The van der Waals surface area contributed by atoms with Crippen molar-refractivity contribution in [3.05, 3.63) is 47.3 Å². The minimum Gasteiger partial charge on any atom is -0.508 e. The Morgan fingerprint density at radius 1 is 1.19 bits per heavy atom. The number of carbonyl (C=O) groups is 1. The molecule has 0 radical (unpaired) electrons. The summed E-state index contributed by atoms with van der Waals surface area (Å²) in [6.07, 6.45) is 0.315. The molecule has 0 bridgehead atoms. The van der Waals surface area contributed by atoms with Crippen LogP contribution < -0.4 is 5.32 Å². The van der Waals surface area contributed by atoms with Crippen LogP contribution in [0, 0.1) is 13.8 Å². The highest BCUT2D eigenvalue weighted by atomic mass is 16.5. The Bertz CT molecular complexity index is 923. The summed E-state index contributed by atoms with van der Waals surface area (Å²) in [6, 6.07) is 7.69. The SMILES string of the molecule is COC(=O)C(Cc1ccc(O)cc1)Nc1nnc(-n2nc(C)cc2C)nn1. The molecule has 1 unspecified atom stereocenters. The van der Waals surface area contributed by atoms with Crippen molar-refractivity contribution in [1.82, 2.24) is 30.2 Å². The summed E-state index contributed by atoms with van der Waals surface area (Å²) in [7, 11) is 1.30. The molecule has 0 fully saturated rings. The average Bonchev–Trinajstić information content (AvgIpc) is 3.01. The number of nitrogens with one attached hydrogen (secondary N) is 1. The summed E-state index contributed by atoms with van der Waals surface area (Å²) in [5.74, 6) is 0.000796. The van der Waals surface area contributed by atoms with Crippen LogP contribution >= 0.6 is 0 Å². The molecule has 0 saturated carbocycles. The number of esters is 1. The molecule has 0 aliphatic rings. The molecule has 27 heavy (non-hydrogen) atoms. The van der Waals surface area contributed by atoms with Gasteiger partial charge in [0, 0.05) is 12.1 Å². The molecule has 0 spiro atoms. The van der Waals surface area contributed by atoms with E-state index in [4.69, 9.17) is 4.74 Å². The van der Waals surface area contributed by atoms with Gasteiger partial charge in [-0.2, -0.15) is 5.10 Å². The summed E-state index contributed by atoms with van der Waals surface area (Å²) < 4.78 is 6.37. The fraction of sp³-hybridized carbons (Fsp3) is 0.294. The number of phenolic OH excluding ortho intramolecular Hbond substituents is 1. The van der Waals surface area contributed by atoms with E-state index in [1.165, 1.54) is 11.8 Å². The second-order valence-corrected chi connectivity index (χ2v) is 5.95. The van der Waals surface area contributed by atoms with Crippen LogP contribution in [-0.4, -0.2) is 54.4 Å². The molecular formula is C17H19N7O3. The molecular weight excluding hydrogens is 350 g/mol. The number of aromatic nitrogens is 6. The van der Waals surface area contributed by atoms with Gasteiger partial charge in [-0.1, -0.05) is 12.1 Å². The van der Waals surface area contributed by atoms with Crippen LogP contribution in [0.15, 0.2) is 30.3 Å². The molecule has 0 amide bonds. The molecule has 3 rings (SSSR count). The number of aryl methyl sites for hydroxylation is 2. The fourth-order valence-corrected chi connectivity index (χ4v) is 2.56. The third-order valence-corrected chi connectivity index (χ3v) is 3.83. The van der Waals surface area contributed by atoms with Crippen LogP contribution in [0.5, 0.6) is 5.75 Å². The van der Waals surface area contributed by atoms with Crippen molar-refractivity contribution in [2.24, 2.45) is 0 Å². The van der Waals surface area contributed by atoms with E-state index in [1.807, 2.05) is 19.9 Å². The number of carbonyl (C=O) groups excluding carboxylic acids is 1. The van der Waals surface area contributed by atoms with E-state index in [9.17, 15) is 9.90 Å². The van der Waals surface area contributed by atoms with E-state index in [-0.39, 0.29) is 17.6 Å². The number of rotatable bonds is 6. The van der Waals surface area contributed by atoms with Crippen molar-refractivity contribution in [3.63, 3.8) is 0 Å². The van der Waals surface area contributed by atoms with Crippen molar-refractivity contribution >= 4 is 11.9 Å². The number of anilines is 1. The maximum Gasteiger partial charge on any atom is 0.328 e. The Kier molecular flexibility index (Phi) is 5.25. The van der Waals surface area contributed by atoms with Crippen molar-refractivity contribution in [1.29, 1.82) is 0 Å². The highest BCUT2D eigenvalue weighted by Gasteiger charge is 2.21. The average molecular weight is 369 g/mol. The van der Waals surface area contributed by atoms with Gasteiger partial charge >= 0.3 is 5.97 Å². The maximum absolute atomic E-state index is 12.1. The standard InChI is InChI=1S/C17H19N7O3/c1-10-8-11(2)24(23-10)17-21-19-16(20-22-17)18-14(15(26)27-3)9-12-4-6-13(25)7-5-12/h4-8,14,25H,9H2,1-3H3,(H,18,19,20). The number of aromatic hydroxyl groups is 1. The monoisotopic (exact) mass is 369 g/mol. The van der Waals surface area contributed by atoms with Crippen LogP contribution in [0.2, 0.25) is 0 Å². The van der Waals surface area contributed by atoms with E-state index in [1.54, 1.807) is 24.3 Å². The summed E-state index contributed by atoms with van der Waals surface area (Å²) in [4.78, 5) is 12.1. The molecule has 0 aliphatic carbocycles. The van der Waals surface area contributed by atoms with Crippen LogP contribution in [0.25, 0.3) is 5.95 Å². The van der Waals surface area contributed by atoms with Gasteiger partial charge in [0.25, 0.3) is 11.9 Å². The topological polar surface area (TPSA) is 128 Å². The predicted molar refractivity (Wildman–Crippen MR) is 95.5 cm³/mol. The summed E-state index contributed by atoms with van der Waals surface area (Å²) in [5.41, 5.74) is 2.52. The number of hydrogen-bond acceptors (Lipinski definition) is 9. The normalized spacial score (nSPS) is 11.8. The van der Waals surface area contributed by atoms with Crippen molar-refractivity contribution in [3.8, 4) is 11.7 Å². The van der Waals surface area contributed by atoms with E-state index in [0.717, 1.165) is 17.0 Å². The smallest absolute Gasteiger partial charge is 0.328 e. The Labute approximate surface area is 155 Å². The Morgan fingerprint density at radius 3 is 2.41 bits per heavy atom. The number of hydrogen-bond donors (Lipinski definition) is 2. The lowest BCUT2D eigenvalue weighted by molar-refractivity contribution is -0.141. The quantitative estimate of drug-likeness (QED) is 0.611. The Morgan fingerprint density at radius 2 is 1.85 bits per heavy atom. The number of nitrogens with zero attached hydrogens (tertiary/aromatic N) is 6. The largest absolute Gasteiger partial charge is 0.508 e. The zero-order valence-corrected chi connectivity index (χ0v) is 15.1. The third kappa shape index (κ3) is 4.35. The second-order valence-electron chi connectivity index (χ2n) is 5.95. The van der Waals surface area contributed by atoms with Gasteiger partial charge in [0.2, 0.25) is 0 Å². The van der Waals surface area contributed by atoms with E-state index >= 15 is 0 Å². The predicted octanol–water partition coefficient (Wildman–Crippen LogP) is 0.971. The molecule has 0 aliphatic heterocycles. The second kappa shape index (κ2) is 7.77. The summed E-state index contributed by atoms with van der Waals surface area (Å²) >= 11 is 0.